The number of carbonyl (C=O) groups excluding carboxylic acids is 1. The molecule has 106 valence electrons. The number of hydrogen-bond acceptors (Lipinski definition) is 5. The first-order valence-corrected chi connectivity index (χ1v) is 7.30. The van der Waals surface area contributed by atoms with Crippen LogP contribution in [-0.2, 0) is 6.54 Å². The molecule has 2 heterocycles. The van der Waals surface area contributed by atoms with Crippen LogP contribution in [0.15, 0.2) is 36.4 Å². The summed E-state index contributed by atoms with van der Waals surface area (Å²) >= 11 is 1.37. The van der Waals surface area contributed by atoms with Gasteiger partial charge in [-0.2, -0.15) is 0 Å². The van der Waals surface area contributed by atoms with E-state index in [9.17, 15) is 4.79 Å². The summed E-state index contributed by atoms with van der Waals surface area (Å²) in [7, 11) is 0. The summed E-state index contributed by atoms with van der Waals surface area (Å²) in [4.78, 5) is 20.7. The number of anilines is 1. The summed E-state index contributed by atoms with van der Waals surface area (Å²) in [6.45, 7) is 2.33. The van der Waals surface area contributed by atoms with Crippen molar-refractivity contribution in [2.45, 2.75) is 13.5 Å². The summed E-state index contributed by atoms with van der Waals surface area (Å²) in [6.07, 6.45) is 0. The van der Waals surface area contributed by atoms with Crippen molar-refractivity contribution in [2.75, 3.05) is 5.73 Å². The number of benzene rings is 1. The van der Waals surface area contributed by atoms with E-state index in [0.717, 1.165) is 21.6 Å². The molecule has 0 saturated heterocycles. The van der Waals surface area contributed by atoms with Crippen molar-refractivity contribution >= 4 is 32.6 Å². The zero-order chi connectivity index (χ0) is 14.8. The summed E-state index contributed by atoms with van der Waals surface area (Å²) < 4.78 is 0.911. The Hall–Kier alpha value is -2.47. The number of fused-ring (bicyclic) bond motifs is 1. The molecule has 1 aromatic carbocycles. The highest BCUT2D eigenvalue weighted by atomic mass is 32.1. The predicted molar refractivity (Wildman–Crippen MR) is 84.2 cm³/mol. The molecule has 0 aliphatic carbocycles. The lowest BCUT2D eigenvalue weighted by atomic mass is 10.2. The quantitative estimate of drug-likeness (QED) is 0.778. The van der Waals surface area contributed by atoms with Crippen LogP contribution in [0.4, 0.5) is 5.13 Å². The van der Waals surface area contributed by atoms with Crippen LogP contribution in [-0.4, -0.2) is 15.9 Å². The van der Waals surface area contributed by atoms with Crippen molar-refractivity contribution in [2.24, 2.45) is 0 Å². The highest BCUT2D eigenvalue weighted by molar-refractivity contribution is 7.22. The van der Waals surface area contributed by atoms with E-state index < -0.39 is 0 Å². The third-order valence-electron chi connectivity index (χ3n) is 3.04. The second-order valence-corrected chi connectivity index (χ2v) is 5.75. The fourth-order valence-corrected chi connectivity index (χ4v) is 2.83. The summed E-state index contributed by atoms with van der Waals surface area (Å²) in [5.74, 6) is -0.132. The van der Waals surface area contributed by atoms with Crippen LogP contribution in [0.2, 0.25) is 0 Å². The lowest BCUT2D eigenvalue weighted by Crippen LogP contribution is -2.23. The molecule has 0 bridgehead atoms. The monoisotopic (exact) mass is 298 g/mol. The molecule has 21 heavy (non-hydrogen) atoms. The molecule has 0 saturated carbocycles. The zero-order valence-electron chi connectivity index (χ0n) is 11.5. The minimum atomic E-state index is -0.132. The fraction of sp³-hybridized carbons (Fsp3) is 0.133. The molecule has 3 rings (SSSR count). The van der Waals surface area contributed by atoms with E-state index in [2.05, 4.69) is 15.3 Å². The average Bonchev–Trinajstić information content (AvgIpc) is 2.84. The lowest BCUT2D eigenvalue weighted by molar-refractivity contribution is 0.0950. The molecule has 0 radical (unpaired) electrons. The van der Waals surface area contributed by atoms with Crippen molar-refractivity contribution in [3.8, 4) is 0 Å². The number of carbonyl (C=O) groups is 1. The number of nitrogens with one attached hydrogen (secondary N) is 1. The molecule has 6 heteroatoms. The third kappa shape index (κ3) is 3.00. The van der Waals surface area contributed by atoms with E-state index >= 15 is 0 Å². The number of pyridine rings is 1. The number of nitrogens with two attached hydrogens (primary N) is 1. The maximum atomic E-state index is 12.2. The number of hydrogen-bond donors (Lipinski definition) is 2. The molecule has 2 aromatic heterocycles. The van der Waals surface area contributed by atoms with Gasteiger partial charge in [0.1, 0.15) is 0 Å². The van der Waals surface area contributed by atoms with Gasteiger partial charge in [-0.3, -0.25) is 9.78 Å². The molecule has 0 atom stereocenters. The second-order valence-electron chi connectivity index (χ2n) is 4.69. The van der Waals surface area contributed by atoms with Gasteiger partial charge in [-0.25, -0.2) is 4.98 Å². The topological polar surface area (TPSA) is 80.9 Å². The average molecular weight is 298 g/mol. The van der Waals surface area contributed by atoms with Crippen molar-refractivity contribution < 1.29 is 4.79 Å². The SMILES string of the molecule is Cc1cccc(CNC(=O)c2ccc3nc(N)sc3c2)n1. The zero-order valence-corrected chi connectivity index (χ0v) is 12.3. The maximum absolute atomic E-state index is 12.2. The van der Waals surface area contributed by atoms with Crippen LogP contribution >= 0.6 is 11.3 Å². The van der Waals surface area contributed by atoms with Crippen molar-refractivity contribution in [3.63, 3.8) is 0 Å². The second kappa shape index (κ2) is 5.49. The van der Waals surface area contributed by atoms with Crippen molar-refractivity contribution in [3.05, 3.63) is 53.3 Å². The van der Waals surface area contributed by atoms with Gasteiger partial charge in [-0.15, -0.1) is 0 Å². The Bertz CT molecular complexity index is 812. The minimum absolute atomic E-state index is 0.132. The van der Waals surface area contributed by atoms with Crippen LogP contribution in [0.5, 0.6) is 0 Å². The highest BCUT2D eigenvalue weighted by Crippen LogP contribution is 2.24. The highest BCUT2D eigenvalue weighted by Gasteiger charge is 2.09. The molecule has 5 nitrogen and oxygen atoms in total. The number of aryl methyl sites for hydroxylation is 1. The first-order chi connectivity index (χ1) is 10.1. The van der Waals surface area contributed by atoms with Crippen LogP contribution in [0, 0.1) is 6.92 Å². The third-order valence-corrected chi connectivity index (χ3v) is 3.89. The Kier molecular flexibility index (Phi) is 3.53. The van der Waals surface area contributed by atoms with Gasteiger partial charge in [0.25, 0.3) is 5.91 Å². The number of rotatable bonds is 3. The van der Waals surface area contributed by atoms with Gasteiger partial charge in [-0.05, 0) is 37.3 Å². The molecular formula is C15H14N4OS. The van der Waals surface area contributed by atoms with Gasteiger partial charge < -0.3 is 11.1 Å². The standard InChI is InChI=1S/C15H14N4OS/c1-9-3-2-4-11(18-9)8-17-14(20)10-5-6-12-13(7-10)21-15(16)19-12/h2-7H,8H2,1H3,(H2,16,19)(H,17,20). The predicted octanol–water partition coefficient (Wildman–Crippen LogP) is 2.51. The Morgan fingerprint density at radius 3 is 2.95 bits per heavy atom. The molecule has 3 N–H and O–H groups in total. The Labute approximate surface area is 125 Å². The summed E-state index contributed by atoms with van der Waals surface area (Å²) in [5.41, 5.74) is 8.85. The molecular weight excluding hydrogens is 284 g/mol. The van der Waals surface area contributed by atoms with E-state index in [4.69, 9.17) is 5.73 Å². The Morgan fingerprint density at radius 2 is 2.14 bits per heavy atom. The lowest BCUT2D eigenvalue weighted by Gasteiger charge is -2.05. The molecule has 1 amide bonds. The normalized spacial score (nSPS) is 10.7. The smallest absolute Gasteiger partial charge is 0.251 e. The number of thiazole rings is 1. The maximum Gasteiger partial charge on any atom is 0.251 e. The van der Waals surface area contributed by atoms with E-state index in [0.29, 0.717) is 17.2 Å². The van der Waals surface area contributed by atoms with Gasteiger partial charge in [-0.1, -0.05) is 17.4 Å². The molecule has 3 aromatic rings. The molecule has 0 spiro atoms. The number of nitrogen functional groups attached to an aromatic ring is 1. The molecule has 0 aliphatic heterocycles. The van der Waals surface area contributed by atoms with Crippen molar-refractivity contribution in [1.29, 1.82) is 0 Å². The molecule has 0 fully saturated rings. The van der Waals surface area contributed by atoms with Gasteiger partial charge >= 0.3 is 0 Å². The Morgan fingerprint density at radius 1 is 1.29 bits per heavy atom. The van der Waals surface area contributed by atoms with Gasteiger partial charge in [0.05, 0.1) is 22.5 Å². The van der Waals surface area contributed by atoms with E-state index in [1.165, 1.54) is 11.3 Å². The number of aromatic nitrogens is 2. The van der Waals surface area contributed by atoms with Gasteiger partial charge in [0, 0.05) is 11.3 Å². The van der Waals surface area contributed by atoms with Crippen LogP contribution in [0.3, 0.4) is 0 Å². The fourth-order valence-electron chi connectivity index (χ4n) is 2.05. The molecule has 0 unspecified atom stereocenters. The summed E-state index contributed by atoms with van der Waals surface area (Å²) in [5, 5.41) is 3.37. The molecule has 0 aliphatic rings. The number of amides is 1. The van der Waals surface area contributed by atoms with Gasteiger partial charge in [0.15, 0.2) is 5.13 Å². The van der Waals surface area contributed by atoms with E-state index in [-0.39, 0.29) is 5.91 Å². The number of nitrogens with zero attached hydrogens (tertiary/aromatic N) is 2. The first-order valence-electron chi connectivity index (χ1n) is 6.48. The van der Waals surface area contributed by atoms with Crippen molar-refractivity contribution in [1.82, 2.24) is 15.3 Å². The van der Waals surface area contributed by atoms with Gasteiger partial charge in [0.2, 0.25) is 0 Å². The minimum Gasteiger partial charge on any atom is -0.375 e. The van der Waals surface area contributed by atoms with Crippen LogP contribution in [0.25, 0.3) is 10.2 Å². The van der Waals surface area contributed by atoms with Crippen LogP contribution in [0.1, 0.15) is 21.7 Å². The first kappa shape index (κ1) is 13.5. The van der Waals surface area contributed by atoms with Crippen LogP contribution < -0.4 is 11.1 Å². The van der Waals surface area contributed by atoms with E-state index in [1.54, 1.807) is 6.07 Å². The largest absolute Gasteiger partial charge is 0.375 e. The Balaban J connectivity index is 1.74. The summed E-state index contributed by atoms with van der Waals surface area (Å²) in [6, 6.07) is 11.1. The van der Waals surface area contributed by atoms with E-state index in [1.807, 2.05) is 37.3 Å².